The average Bonchev–Trinajstić information content (AvgIpc) is 2.81. The number of benzene rings is 1. The van der Waals surface area contributed by atoms with Gasteiger partial charge >= 0.3 is 0 Å². The highest BCUT2D eigenvalue weighted by Crippen LogP contribution is 2.23. The zero-order valence-corrected chi connectivity index (χ0v) is 17.4. The first kappa shape index (κ1) is 20.8. The third kappa shape index (κ3) is 5.37. The molecule has 1 N–H and O–H groups in total. The van der Waals surface area contributed by atoms with Gasteiger partial charge in [0.15, 0.2) is 0 Å². The Morgan fingerprint density at radius 2 is 1.90 bits per heavy atom. The maximum Gasteiger partial charge on any atom is 0.253 e. The van der Waals surface area contributed by atoms with E-state index in [1.54, 1.807) is 0 Å². The van der Waals surface area contributed by atoms with Crippen molar-refractivity contribution in [2.75, 3.05) is 32.8 Å². The summed E-state index contributed by atoms with van der Waals surface area (Å²) in [6, 6.07) is 11.7. The number of aliphatic hydroxyl groups is 1. The monoisotopic (exact) mass is 409 g/mol. The molecule has 1 unspecified atom stereocenters. The van der Waals surface area contributed by atoms with E-state index < -0.39 is 0 Å². The van der Waals surface area contributed by atoms with Gasteiger partial charge in [0.05, 0.1) is 0 Å². The Hall–Kier alpha value is -2.44. The summed E-state index contributed by atoms with van der Waals surface area (Å²) in [6.07, 6.45) is 7.76. The Bertz CT molecular complexity index is 821. The van der Waals surface area contributed by atoms with E-state index in [0.29, 0.717) is 12.1 Å². The first-order chi connectivity index (χ1) is 14.7. The molecule has 0 saturated carbocycles. The minimum Gasteiger partial charge on any atom is -0.490 e. The first-order valence-corrected chi connectivity index (χ1v) is 11.0. The van der Waals surface area contributed by atoms with Crippen LogP contribution in [0.3, 0.4) is 0 Å². The van der Waals surface area contributed by atoms with E-state index in [9.17, 15) is 9.90 Å². The summed E-state index contributed by atoms with van der Waals surface area (Å²) in [6.45, 7) is 4.49. The van der Waals surface area contributed by atoms with Crippen molar-refractivity contribution in [1.82, 2.24) is 14.8 Å². The molecule has 2 fully saturated rings. The number of aliphatic hydroxyl groups excluding tert-OH is 1. The van der Waals surface area contributed by atoms with Gasteiger partial charge in [-0.3, -0.25) is 14.7 Å². The molecular weight excluding hydrogens is 378 g/mol. The molecule has 0 spiro atoms. The van der Waals surface area contributed by atoms with Crippen molar-refractivity contribution in [2.45, 2.75) is 38.3 Å². The van der Waals surface area contributed by atoms with Gasteiger partial charge in [-0.15, -0.1) is 0 Å². The lowest BCUT2D eigenvalue weighted by atomic mass is 9.98. The van der Waals surface area contributed by atoms with Gasteiger partial charge in [0, 0.05) is 57.3 Å². The Morgan fingerprint density at radius 1 is 1.10 bits per heavy atom. The molecule has 2 aromatic rings. The number of hydrogen-bond acceptors (Lipinski definition) is 5. The van der Waals surface area contributed by atoms with Crippen molar-refractivity contribution in [2.24, 2.45) is 5.92 Å². The zero-order chi connectivity index (χ0) is 20.8. The van der Waals surface area contributed by atoms with Crippen LogP contribution >= 0.6 is 0 Å². The highest BCUT2D eigenvalue weighted by atomic mass is 16.5. The number of nitrogens with zero attached hydrogens (tertiary/aromatic N) is 3. The average molecular weight is 410 g/mol. The predicted molar refractivity (Wildman–Crippen MR) is 115 cm³/mol. The first-order valence-electron chi connectivity index (χ1n) is 11.0. The maximum absolute atomic E-state index is 12.9. The summed E-state index contributed by atoms with van der Waals surface area (Å²) in [4.78, 5) is 21.3. The molecule has 3 heterocycles. The van der Waals surface area contributed by atoms with E-state index in [2.05, 4.69) is 22.0 Å². The third-order valence-corrected chi connectivity index (χ3v) is 6.14. The molecule has 2 aliphatic rings. The minimum atomic E-state index is 0.0331. The van der Waals surface area contributed by atoms with Crippen LogP contribution in [0.4, 0.5) is 0 Å². The lowest BCUT2D eigenvalue weighted by Gasteiger charge is -2.33. The van der Waals surface area contributed by atoms with Crippen LogP contribution in [-0.2, 0) is 6.54 Å². The van der Waals surface area contributed by atoms with Gasteiger partial charge in [-0.2, -0.15) is 0 Å². The Balaban J connectivity index is 1.30. The number of amides is 1. The van der Waals surface area contributed by atoms with Crippen molar-refractivity contribution in [3.63, 3.8) is 0 Å². The molecule has 160 valence electrons. The summed E-state index contributed by atoms with van der Waals surface area (Å²) in [5, 5.41) is 9.42. The van der Waals surface area contributed by atoms with Crippen LogP contribution in [-0.4, -0.2) is 64.7 Å². The SMILES string of the molecule is O=C(c1cccc(OC2CCN(Cc3ccncc3)CC2)c1)N1CCCC(CO)C1. The fourth-order valence-corrected chi connectivity index (χ4v) is 4.41. The van der Waals surface area contributed by atoms with Crippen LogP contribution in [0.5, 0.6) is 5.75 Å². The van der Waals surface area contributed by atoms with Gasteiger partial charge in [-0.1, -0.05) is 6.07 Å². The molecule has 30 heavy (non-hydrogen) atoms. The highest BCUT2D eigenvalue weighted by Gasteiger charge is 2.25. The highest BCUT2D eigenvalue weighted by molar-refractivity contribution is 5.94. The quantitative estimate of drug-likeness (QED) is 0.795. The number of carbonyl (C=O) groups is 1. The van der Waals surface area contributed by atoms with Crippen molar-refractivity contribution in [1.29, 1.82) is 0 Å². The second kappa shape index (κ2) is 10.0. The Labute approximate surface area is 178 Å². The number of aromatic nitrogens is 1. The lowest BCUT2D eigenvalue weighted by molar-refractivity contribution is 0.0619. The van der Waals surface area contributed by atoms with Crippen LogP contribution in [0.1, 0.15) is 41.6 Å². The molecule has 1 aromatic carbocycles. The van der Waals surface area contributed by atoms with Crippen LogP contribution in [0, 0.1) is 5.92 Å². The summed E-state index contributed by atoms with van der Waals surface area (Å²) in [5.41, 5.74) is 1.96. The topological polar surface area (TPSA) is 65.9 Å². The molecule has 1 atom stereocenters. The molecule has 2 saturated heterocycles. The van der Waals surface area contributed by atoms with Crippen LogP contribution in [0.2, 0.25) is 0 Å². The molecule has 6 heteroatoms. The van der Waals surface area contributed by atoms with Gasteiger partial charge in [0.2, 0.25) is 0 Å². The zero-order valence-electron chi connectivity index (χ0n) is 17.4. The number of carbonyl (C=O) groups excluding carboxylic acids is 1. The van der Waals surface area contributed by atoms with Gasteiger partial charge in [-0.05, 0) is 67.5 Å². The van der Waals surface area contributed by atoms with Gasteiger partial charge in [0.1, 0.15) is 11.9 Å². The molecule has 1 amide bonds. The predicted octanol–water partition coefficient (Wildman–Crippen LogP) is 2.97. The van der Waals surface area contributed by atoms with Crippen molar-refractivity contribution >= 4 is 5.91 Å². The molecule has 1 aromatic heterocycles. The minimum absolute atomic E-state index is 0.0331. The fraction of sp³-hybridized carbons (Fsp3) is 0.500. The summed E-state index contributed by atoms with van der Waals surface area (Å²) < 4.78 is 6.23. The lowest BCUT2D eigenvalue weighted by Crippen LogP contribution is -2.41. The van der Waals surface area contributed by atoms with Crippen molar-refractivity contribution in [3.8, 4) is 5.75 Å². The standard InChI is InChI=1S/C24H31N3O3/c28-18-20-3-2-12-27(17-20)24(29)21-4-1-5-23(15-21)30-22-8-13-26(14-9-22)16-19-6-10-25-11-7-19/h1,4-7,10-11,15,20,22,28H,2-3,8-9,12-14,16-18H2. The Kier molecular flexibility index (Phi) is 6.97. The number of ether oxygens (including phenoxy) is 1. The molecule has 0 bridgehead atoms. The fourth-order valence-electron chi connectivity index (χ4n) is 4.41. The van der Waals surface area contributed by atoms with E-state index in [1.165, 1.54) is 5.56 Å². The van der Waals surface area contributed by atoms with Gasteiger partial charge < -0.3 is 14.7 Å². The largest absolute Gasteiger partial charge is 0.490 e. The summed E-state index contributed by atoms with van der Waals surface area (Å²) in [7, 11) is 0. The molecule has 0 radical (unpaired) electrons. The molecular formula is C24H31N3O3. The molecule has 4 rings (SSSR count). The van der Waals surface area contributed by atoms with Crippen molar-refractivity contribution in [3.05, 3.63) is 59.9 Å². The summed E-state index contributed by atoms with van der Waals surface area (Å²) in [5.74, 6) is 0.995. The molecule has 2 aliphatic heterocycles. The van der Waals surface area contributed by atoms with Gasteiger partial charge in [-0.25, -0.2) is 0 Å². The number of pyridine rings is 1. The van der Waals surface area contributed by atoms with E-state index in [-0.39, 0.29) is 24.5 Å². The third-order valence-electron chi connectivity index (χ3n) is 6.14. The van der Waals surface area contributed by atoms with Crippen molar-refractivity contribution < 1.29 is 14.6 Å². The number of likely N-dealkylation sites (tertiary alicyclic amines) is 2. The van der Waals surface area contributed by atoms with E-state index >= 15 is 0 Å². The molecule has 0 aliphatic carbocycles. The second-order valence-corrected chi connectivity index (χ2v) is 8.42. The second-order valence-electron chi connectivity index (χ2n) is 8.42. The smallest absolute Gasteiger partial charge is 0.253 e. The number of rotatable bonds is 6. The van der Waals surface area contributed by atoms with Crippen LogP contribution in [0.25, 0.3) is 0 Å². The van der Waals surface area contributed by atoms with E-state index in [0.717, 1.165) is 57.6 Å². The summed E-state index contributed by atoms with van der Waals surface area (Å²) >= 11 is 0. The van der Waals surface area contributed by atoms with Crippen LogP contribution in [0.15, 0.2) is 48.8 Å². The Morgan fingerprint density at radius 3 is 2.67 bits per heavy atom. The van der Waals surface area contributed by atoms with Gasteiger partial charge in [0.25, 0.3) is 5.91 Å². The normalized spacial score (nSPS) is 20.8. The number of hydrogen-bond donors (Lipinski definition) is 1. The van der Waals surface area contributed by atoms with E-state index in [1.807, 2.05) is 41.6 Å². The maximum atomic E-state index is 12.9. The van der Waals surface area contributed by atoms with E-state index in [4.69, 9.17) is 4.74 Å². The molecule has 6 nitrogen and oxygen atoms in total. The van der Waals surface area contributed by atoms with Crippen LogP contribution < -0.4 is 4.74 Å². The number of piperidine rings is 2.